The van der Waals surface area contributed by atoms with Crippen LogP contribution in [0.3, 0.4) is 0 Å². The second-order valence-corrected chi connectivity index (χ2v) is 1.56. The SMILES string of the molecule is CCCN(N)OCC. The van der Waals surface area contributed by atoms with Crippen molar-refractivity contribution in [2.45, 2.75) is 20.3 Å². The lowest BCUT2D eigenvalue weighted by Gasteiger charge is -2.12. The molecule has 0 heterocycles. The van der Waals surface area contributed by atoms with E-state index in [4.69, 9.17) is 10.7 Å². The van der Waals surface area contributed by atoms with Crippen LogP contribution in [0.1, 0.15) is 20.3 Å². The Labute approximate surface area is 50.3 Å². The highest BCUT2D eigenvalue weighted by molar-refractivity contribution is 4.27. The molecule has 2 N–H and O–H groups in total. The fourth-order valence-electron chi connectivity index (χ4n) is 0.451. The predicted octanol–water partition coefficient (Wildman–Crippen LogP) is 0.524. The number of nitrogens with two attached hydrogens (primary N) is 1. The second kappa shape index (κ2) is 5.03. The summed E-state index contributed by atoms with van der Waals surface area (Å²) in [7, 11) is 0. The van der Waals surface area contributed by atoms with Crippen LogP contribution >= 0.6 is 0 Å². The fraction of sp³-hybridized carbons (Fsp3) is 1.00. The monoisotopic (exact) mass is 118 g/mol. The average molecular weight is 118 g/mol. The van der Waals surface area contributed by atoms with Crippen LogP contribution in [-0.2, 0) is 4.84 Å². The Morgan fingerprint density at radius 1 is 1.50 bits per heavy atom. The van der Waals surface area contributed by atoms with Gasteiger partial charge in [-0.1, -0.05) is 6.92 Å². The van der Waals surface area contributed by atoms with Gasteiger partial charge in [0.15, 0.2) is 0 Å². The van der Waals surface area contributed by atoms with Crippen LogP contribution in [0.2, 0.25) is 0 Å². The fourth-order valence-corrected chi connectivity index (χ4v) is 0.451. The molecule has 50 valence electrons. The molecule has 3 heteroatoms. The highest BCUT2D eigenvalue weighted by Gasteiger charge is 1.90. The Morgan fingerprint density at radius 2 is 2.12 bits per heavy atom. The normalized spacial score (nSPS) is 10.5. The van der Waals surface area contributed by atoms with Crippen molar-refractivity contribution in [1.29, 1.82) is 0 Å². The summed E-state index contributed by atoms with van der Waals surface area (Å²) in [5.41, 5.74) is 0. The number of hydrazine groups is 1. The number of hydrogen-bond donors (Lipinski definition) is 1. The molecule has 0 aromatic heterocycles. The minimum Gasteiger partial charge on any atom is -0.285 e. The van der Waals surface area contributed by atoms with Gasteiger partial charge in [0.25, 0.3) is 0 Å². The molecule has 0 unspecified atom stereocenters. The molecule has 0 atom stereocenters. The maximum absolute atomic E-state index is 5.31. The molecule has 0 saturated carbocycles. The summed E-state index contributed by atoms with van der Waals surface area (Å²) in [4.78, 5) is 4.89. The summed E-state index contributed by atoms with van der Waals surface area (Å²) in [6.45, 7) is 5.42. The molecule has 0 bridgehead atoms. The summed E-state index contributed by atoms with van der Waals surface area (Å²) in [5.74, 6) is 5.31. The molecule has 3 nitrogen and oxygen atoms in total. The zero-order valence-electron chi connectivity index (χ0n) is 5.55. The largest absolute Gasteiger partial charge is 0.285 e. The number of nitrogens with zero attached hydrogens (tertiary/aromatic N) is 1. The van der Waals surface area contributed by atoms with Gasteiger partial charge in [0.05, 0.1) is 6.61 Å². The molecular formula is C5H14N2O. The molecule has 0 spiro atoms. The second-order valence-electron chi connectivity index (χ2n) is 1.56. The minimum atomic E-state index is 0.649. The first-order valence-corrected chi connectivity index (χ1v) is 2.96. The molecular weight excluding hydrogens is 104 g/mol. The third kappa shape index (κ3) is 4.05. The van der Waals surface area contributed by atoms with Gasteiger partial charge >= 0.3 is 0 Å². The van der Waals surface area contributed by atoms with Crippen molar-refractivity contribution in [3.63, 3.8) is 0 Å². The predicted molar refractivity (Wildman–Crippen MR) is 32.8 cm³/mol. The van der Waals surface area contributed by atoms with Crippen LogP contribution in [0.25, 0.3) is 0 Å². The van der Waals surface area contributed by atoms with Gasteiger partial charge in [0.2, 0.25) is 0 Å². The molecule has 0 saturated heterocycles. The maximum atomic E-state index is 5.31. The molecule has 8 heavy (non-hydrogen) atoms. The van der Waals surface area contributed by atoms with Gasteiger partial charge in [0.1, 0.15) is 0 Å². The highest BCUT2D eigenvalue weighted by Crippen LogP contribution is 1.82. The van der Waals surface area contributed by atoms with E-state index in [1.807, 2.05) is 6.92 Å². The topological polar surface area (TPSA) is 38.5 Å². The standard InChI is InChI=1S/C5H14N2O/c1-3-5-7(6)8-4-2/h3-6H2,1-2H3. The van der Waals surface area contributed by atoms with Gasteiger partial charge in [-0.15, -0.1) is 5.17 Å². The first-order valence-electron chi connectivity index (χ1n) is 2.96. The van der Waals surface area contributed by atoms with Crippen LogP contribution < -0.4 is 5.84 Å². The van der Waals surface area contributed by atoms with Crippen molar-refractivity contribution >= 4 is 0 Å². The van der Waals surface area contributed by atoms with E-state index >= 15 is 0 Å². The molecule has 0 radical (unpaired) electrons. The summed E-state index contributed by atoms with van der Waals surface area (Å²) < 4.78 is 0. The van der Waals surface area contributed by atoms with Gasteiger partial charge < -0.3 is 0 Å². The third-order valence-corrected chi connectivity index (χ3v) is 0.739. The lowest BCUT2D eigenvalue weighted by atomic mass is 10.5. The molecule has 0 fully saturated rings. The van der Waals surface area contributed by atoms with Crippen molar-refractivity contribution in [3.05, 3.63) is 0 Å². The van der Waals surface area contributed by atoms with Gasteiger partial charge in [-0.3, -0.25) is 4.84 Å². The minimum absolute atomic E-state index is 0.649. The Kier molecular flexibility index (Phi) is 4.95. The van der Waals surface area contributed by atoms with Crippen molar-refractivity contribution < 1.29 is 4.84 Å². The van der Waals surface area contributed by atoms with Crippen molar-refractivity contribution in [2.75, 3.05) is 13.2 Å². The number of hydrogen-bond acceptors (Lipinski definition) is 3. The maximum Gasteiger partial charge on any atom is 0.0673 e. The Hall–Kier alpha value is -0.120. The van der Waals surface area contributed by atoms with E-state index in [-0.39, 0.29) is 0 Å². The molecule has 0 rings (SSSR count). The van der Waals surface area contributed by atoms with Gasteiger partial charge in [-0.2, -0.15) is 0 Å². The smallest absolute Gasteiger partial charge is 0.0673 e. The summed E-state index contributed by atoms with van der Waals surface area (Å²) in [5, 5.41) is 1.36. The molecule has 0 aliphatic heterocycles. The number of hydroxylamine groups is 1. The van der Waals surface area contributed by atoms with E-state index < -0.39 is 0 Å². The van der Waals surface area contributed by atoms with Gasteiger partial charge in [-0.05, 0) is 13.3 Å². The van der Waals surface area contributed by atoms with E-state index in [9.17, 15) is 0 Å². The van der Waals surface area contributed by atoms with Crippen molar-refractivity contribution in [2.24, 2.45) is 5.84 Å². The Bertz CT molecular complexity index is 43.7. The molecule has 0 aliphatic carbocycles. The first kappa shape index (κ1) is 7.88. The van der Waals surface area contributed by atoms with E-state index in [0.29, 0.717) is 6.61 Å². The quantitative estimate of drug-likeness (QED) is 0.432. The zero-order chi connectivity index (χ0) is 6.41. The Morgan fingerprint density at radius 3 is 2.50 bits per heavy atom. The van der Waals surface area contributed by atoms with Crippen LogP contribution in [-0.4, -0.2) is 18.3 Å². The molecule has 0 amide bonds. The van der Waals surface area contributed by atoms with Crippen molar-refractivity contribution in [1.82, 2.24) is 5.17 Å². The van der Waals surface area contributed by atoms with Crippen LogP contribution in [0.4, 0.5) is 0 Å². The van der Waals surface area contributed by atoms with Crippen LogP contribution in [0, 0.1) is 0 Å². The lowest BCUT2D eigenvalue weighted by Crippen LogP contribution is -2.31. The Balaban J connectivity index is 2.92. The van der Waals surface area contributed by atoms with Crippen LogP contribution in [0.5, 0.6) is 0 Å². The summed E-state index contributed by atoms with van der Waals surface area (Å²) >= 11 is 0. The average Bonchev–Trinajstić information content (AvgIpc) is 1.68. The highest BCUT2D eigenvalue weighted by atomic mass is 16.7. The third-order valence-electron chi connectivity index (χ3n) is 0.739. The van der Waals surface area contributed by atoms with E-state index in [1.54, 1.807) is 0 Å². The van der Waals surface area contributed by atoms with Gasteiger partial charge in [0, 0.05) is 6.54 Å². The summed E-state index contributed by atoms with van der Waals surface area (Å²) in [6.07, 6.45) is 1.02. The summed E-state index contributed by atoms with van der Waals surface area (Å²) in [6, 6.07) is 0. The van der Waals surface area contributed by atoms with E-state index in [2.05, 4.69) is 6.92 Å². The number of rotatable bonds is 4. The lowest BCUT2D eigenvalue weighted by molar-refractivity contribution is -0.157. The first-order chi connectivity index (χ1) is 3.81. The van der Waals surface area contributed by atoms with Gasteiger partial charge in [-0.25, -0.2) is 5.84 Å². The van der Waals surface area contributed by atoms with Crippen LogP contribution in [0.15, 0.2) is 0 Å². The van der Waals surface area contributed by atoms with Crippen molar-refractivity contribution in [3.8, 4) is 0 Å². The molecule has 0 aromatic carbocycles. The molecule has 0 aromatic rings. The zero-order valence-corrected chi connectivity index (χ0v) is 5.55. The van der Waals surface area contributed by atoms with E-state index in [1.165, 1.54) is 5.17 Å². The van der Waals surface area contributed by atoms with E-state index in [0.717, 1.165) is 13.0 Å². The molecule has 0 aliphatic rings.